The number of rotatable bonds is 8. The molecular formula is C16H26N2O2S. The number of nitrogens with one attached hydrogen (secondary N) is 1. The molecule has 1 fully saturated rings. The molecule has 0 spiro atoms. The third kappa shape index (κ3) is 4.45. The SMILES string of the molecule is CCCS(=O)(=O)c1ccc(NCC(C)N(C)C2CC2)cc1. The number of benzene rings is 1. The fraction of sp³-hybridized carbons (Fsp3) is 0.625. The van der Waals surface area contributed by atoms with E-state index in [1.165, 1.54) is 12.8 Å². The zero-order valence-corrected chi connectivity index (χ0v) is 14.0. The Balaban J connectivity index is 1.90. The summed E-state index contributed by atoms with van der Waals surface area (Å²) in [5.41, 5.74) is 0.974. The maximum Gasteiger partial charge on any atom is 0.178 e. The summed E-state index contributed by atoms with van der Waals surface area (Å²) in [4.78, 5) is 2.82. The van der Waals surface area contributed by atoms with Crippen molar-refractivity contribution in [3.63, 3.8) is 0 Å². The van der Waals surface area contributed by atoms with Crippen molar-refractivity contribution in [2.45, 2.75) is 50.1 Å². The van der Waals surface area contributed by atoms with E-state index in [1.807, 2.05) is 19.1 Å². The summed E-state index contributed by atoms with van der Waals surface area (Å²) >= 11 is 0. The van der Waals surface area contributed by atoms with Gasteiger partial charge in [0.25, 0.3) is 0 Å². The average molecular weight is 310 g/mol. The van der Waals surface area contributed by atoms with Gasteiger partial charge >= 0.3 is 0 Å². The second-order valence-electron chi connectivity index (χ2n) is 5.97. The molecule has 2 rings (SSSR count). The van der Waals surface area contributed by atoms with E-state index in [2.05, 4.69) is 24.2 Å². The van der Waals surface area contributed by atoms with Crippen LogP contribution in [0.2, 0.25) is 0 Å². The molecule has 0 heterocycles. The molecule has 0 aromatic heterocycles. The van der Waals surface area contributed by atoms with Crippen LogP contribution in [0, 0.1) is 0 Å². The molecule has 0 amide bonds. The van der Waals surface area contributed by atoms with Gasteiger partial charge in [-0.05, 0) is 57.5 Å². The van der Waals surface area contributed by atoms with Crippen molar-refractivity contribution in [2.75, 3.05) is 24.7 Å². The lowest BCUT2D eigenvalue weighted by atomic mass is 10.2. The van der Waals surface area contributed by atoms with Gasteiger partial charge in [-0.3, -0.25) is 4.90 Å². The molecule has 0 bridgehead atoms. The van der Waals surface area contributed by atoms with Crippen molar-refractivity contribution in [2.24, 2.45) is 0 Å². The first-order chi connectivity index (χ1) is 9.94. The summed E-state index contributed by atoms with van der Waals surface area (Å²) in [7, 11) is -0.940. The molecule has 5 heteroatoms. The Morgan fingerprint density at radius 3 is 2.43 bits per heavy atom. The fourth-order valence-electron chi connectivity index (χ4n) is 2.42. The molecule has 1 saturated carbocycles. The maximum absolute atomic E-state index is 12.0. The van der Waals surface area contributed by atoms with E-state index in [0.717, 1.165) is 18.3 Å². The molecular weight excluding hydrogens is 284 g/mol. The molecule has 4 nitrogen and oxygen atoms in total. The van der Waals surface area contributed by atoms with Gasteiger partial charge in [0.05, 0.1) is 10.6 Å². The van der Waals surface area contributed by atoms with Crippen LogP contribution >= 0.6 is 0 Å². The first-order valence-corrected chi connectivity index (χ1v) is 9.38. The third-order valence-electron chi connectivity index (χ3n) is 4.11. The van der Waals surface area contributed by atoms with Crippen molar-refractivity contribution in [1.29, 1.82) is 0 Å². The molecule has 21 heavy (non-hydrogen) atoms. The van der Waals surface area contributed by atoms with Gasteiger partial charge in [0, 0.05) is 24.3 Å². The predicted octanol–water partition coefficient (Wildman–Crippen LogP) is 2.76. The van der Waals surface area contributed by atoms with Crippen LogP contribution in [0.25, 0.3) is 0 Å². The molecule has 0 saturated heterocycles. The van der Waals surface area contributed by atoms with E-state index < -0.39 is 9.84 Å². The van der Waals surface area contributed by atoms with E-state index in [9.17, 15) is 8.42 Å². The summed E-state index contributed by atoms with van der Waals surface area (Å²) in [6, 6.07) is 8.33. The van der Waals surface area contributed by atoms with Gasteiger partial charge in [-0.2, -0.15) is 0 Å². The minimum atomic E-state index is -3.11. The molecule has 1 aromatic carbocycles. The molecule has 118 valence electrons. The molecule has 0 radical (unpaired) electrons. The first kappa shape index (κ1) is 16.3. The molecule has 1 unspecified atom stereocenters. The molecule has 1 aromatic rings. The summed E-state index contributed by atoms with van der Waals surface area (Å²) < 4.78 is 23.9. The van der Waals surface area contributed by atoms with Crippen LogP contribution in [0.5, 0.6) is 0 Å². The van der Waals surface area contributed by atoms with Gasteiger partial charge in [0.2, 0.25) is 0 Å². The van der Waals surface area contributed by atoms with Gasteiger partial charge in [0.1, 0.15) is 0 Å². The van der Waals surface area contributed by atoms with Crippen LogP contribution in [0.3, 0.4) is 0 Å². The summed E-state index contributed by atoms with van der Waals surface area (Å²) in [6.07, 6.45) is 3.27. The quantitative estimate of drug-likeness (QED) is 0.802. The zero-order valence-electron chi connectivity index (χ0n) is 13.2. The van der Waals surface area contributed by atoms with Crippen molar-refractivity contribution >= 4 is 15.5 Å². The monoisotopic (exact) mass is 310 g/mol. The number of hydrogen-bond donors (Lipinski definition) is 1. The lowest BCUT2D eigenvalue weighted by Gasteiger charge is -2.25. The highest BCUT2D eigenvalue weighted by Crippen LogP contribution is 2.27. The number of nitrogens with zero attached hydrogens (tertiary/aromatic N) is 1. The molecule has 1 atom stereocenters. The summed E-state index contributed by atoms with van der Waals surface area (Å²) in [6.45, 7) is 4.96. The van der Waals surface area contributed by atoms with Crippen LogP contribution in [-0.2, 0) is 9.84 Å². The highest BCUT2D eigenvalue weighted by atomic mass is 32.2. The van der Waals surface area contributed by atoms with E-state index >= 15 is 0 Å². The average Bonchev–Trinajstić information content (AvgIpc) is 3.29. The number of sulfone groups is 1. The molecule has 1 aliphatic rings. The van der Waals surface area contributed by atoms with Crippen LogP contribution in [-0.4, -0.2) is 44.7 Å². The van der Waals surface area contributed by atoms with Crippen molar-refractivity contribution in [1.82, 2.24) is 4.90 Å². The third-order valence-corrected chi connectivity index (χ3v) is 6.04. The minimum Gasteiger partial charge on any atom is -0.383 e. The van der Waals surface area contributed by atoms with Crippen molar-refractivity contribution < 1.29 is 8.42 Å². The Kier molecular flexibility index (Phi) is 5.27. The van der Waals surface area contributed by atoms with Crippen LogP contribution < -0.4 is 5.32 Å². The lowest BCUT2D eigenvalue weighted by molar-refractivity contribution is 0.257. The summed E-state index contributed by atoms with van der Waals surface area (Å²) in [5, 5.41) is 3.38. The fourth-order valence-corrected chi connectivity index (χ4v) is 3.74. The van der Waals surface area contributed by atoms with Gasteiger partial charge in [-0.1, -0.05) is 6.92 Å². The standard InChI is InChI=1S/C16H26N2O2S/c1-4-11-21(19,20)16-9-5-14(6-10-16)17-12-13(2)18(3)15-7-8-15/h5-6,9-10,13,15,17H,4,7-8,11-12H2,1-3H3. The van der Waals surface area contributed by atoms with Crippen LogP contribution in [0.1, 0.15) is 33.1 Å². The van der Waals surface area contributed by atoms with E-state index in [-0.39, 0.29) is 5.75 Å². The van der Waals surface area contributed by atoms with Crippen molar-refractivity contribution in [3.8, 4) is 0 Å². The van der Waals surface area contributed by atoms with Crippen molar-refractivity contribution in [3.05, 3.63) is 24.3 Å². The lowest BCUT2D eigenvalue weighted by Crippen LogP contribution is -2.36. The minimum absolute atomic E-state index is 0.211. The molecule has 0 aliphatic heterocycles. The Hall–Kier alpha value is -1.07. The Morgan fingerprint density at radius 2 is 1.90 bits per heavy atom. The highest BCUT2D eigenvalue weighted by Gasteiger charge is 2.28. The Bertz CT molecular complexity index is 550. The van der Waals surface area contributed by atoms with E-state index in [1.54, 1.807) is 12.1 Å². The highest BCUT2D eigenvalue weighted by molar-refractivity contribution is 7.91. The smallest absolute Gasteiger partial charge is 0.178 e. The van der Waals surface area contributed by atoms with Crippen LogP contribution in [0.4, 0.5) is 5.69 Å². The van der Waals surface area contributed by atoms with Gasteiger partial charge in [0.15, 0.2) is 9.84 Å². The van der Waals surface area contributed by atoms with Gasteiger partial charge < -0.3 is 5.32 Å². The number of hydrogen-bond acceptors (Lipinski definition) is 4. The normalized spacial score (nSPS) is 17.0. The van der Waals surface area contributed by atoms with Crippen LogP contribution in [0.15, 0.2) is 29.2 Å². The van der Waals surface area contributed by atoms with E-state index in [0.29, 0.717) is 17.4 Å². The number of likely N-dealkylation sites (N-methyl/N-ethyl adjacent to an activating group) is 1. The predicted molar refractivity (Wildman–Crippen MR) is 87.5 cm³/mol. The Labute approximate surface area is 128 Å². The maximum atomic E-state index is 12.0. The van der Waals surface area contributed by atoms with Gasteiger partial charge in [-0.15, -0.1) is 0 Å². The first-order valence-electron chi connectivity index (χ1n) is 7.72. The number of anilines is 1. The topological polar surface area (TPSA) is 49.4 Å². The second kappa shape index (κ2) is 6.79. The molecule has 1 N–H and O–H groups in total. The Morgan fingerprint density at radius 1 is 1.29 bits per heavy atom. The van der Waals surface area contributed by atoms with Gasteiger partial charge in [-0.25, -0.2) is 8.42 Å². The molecule has 1 aliphatic carbocycles. The largest absolute Gasteiger partial charge is 0.383 e. The summed E-state index contributed by atoms with van der Waals surface area (Å²) in [5.74, 6) is 0.211. The zero-order chi connectivity index (χ0) is 15.5. The second-order valence-corrected chi connectivity index (χ2v) is 8.08. The van der Waals surface area contributed by atoms with E-state index in [4.69, 9.17) is 0 Å².